The van der Waals surface area contributed by atoms with E-state index in [-0.39, 0.29) is 23.8 Å². The van der Waals surface area contributed by atoms with Gasteiger partial charge in [0.1, 0.15) is 11.5 Å². The molecule has 0 spiro atoms. The number of rotatable bonds is 9. The van der Waals surface area contributed by atoms with Crippen molar-refractivity contribution in [3.05, 3.63) is 76.7 Å². The van der Waals surface area contributed by atoms with Crippen LogP contribution in [0.5, 0.6) is 11.5 Å². The molecule has 1 atom stereocenters. The Morgan fingerprint density at radius 1 is 0.938 bits per heavy atom. The molecule has 0 saturated heterocycles. The number of amides is 2. The first kappa shape index (κ1) is 21.9. The summed E-state index contributed by atoms with van der Waals surface area (Å²) >= 11 is 1.29. The third kappa shape index (κ3) is 5.48. The predicted molar refractivity (Wildman–Crippen MR) is 126 cm³/mol. The molecule has 1 fully saturated rings. The van der Waals surface area contributed by atoms with E-state index >= 15 is 0 Å². The van der Waals surface area contributed by atoms with Gasteiger partial charge in [-0.15, -0.1) is 11.3 Å². The maximum Gasteiger partial charge on any atom is 0.261 e. The van der Waals surface area contributed by atoms with Crippen LogP contribution in [0, 0.1) is 5.92 Å². The predicted octanol–water partition coefficient (Wildman–Crippen LogP) is 4.83. The molecule has 1 aliphatic rings. The minimum atomic E-state index is -0.228. The van der Waals surface area contributed by atoms with Gasteiger partial charge in [0.15, 0.2) is 0 Å². The maximum atomic E-state index is 13.0. The fraction of sp³-hybridized carbons (Fsp3) is 0.280. The lowest BCUT2D eigenvalue weighted by Crippen LogP contribution is -2.29. The molecule has 1 unspecified atom stereocenters. The molecule has 2 N–H and O–H groups in total. The Morgan fingerprint density at radius 3 is 2.16 bits per heavy atom. The van der Waals surface area contributed by atoms with E-state index in [1.807, 2.05) is 48.5 Å². The molecular formula is C25H26N2O4S. The zero-order valence-corrected chi connectivity index (χ0v) is 18.9. The first-order chi connectivity index (χ1) is 15.6. The van der Waals surface area contributed by atoms with Gasteiger partial charge in [-0.3, -0.25) is 9.59 Å². The van der Waals surface area contributed by atoms with Gasteiger partial charge in [0.2, 0.25) is 5.91 Å². The van der Waals surface area contributed by atoms with E-state index in [2.05, 4.69) is 10.6 Å². The maximum absolute atomic E-state index is 13.0. The lowest BCUT2D eigenvalue weighted by molar-refractivity contribution is -0.117. The molecule has 4 rings (SSSR count). The Bertz CT molecular complexity index is 1070. The largest absolute Gasteiger partial charge is 0.497 e. The van der Waals surface area contributed by atoms with Crippen LogP contribution in [0.1, 0.15) is 39.7 Å². The van der Waals surface area contributed by atoms with Crippen LogP contribution >= 0.6 is 11.3 Å². The monoisotopic (exact) mass is 450 g/mol. The molecule has 7 heteroatoms. The van der Waals surface area contributed by atoms with Crippen LogP contribution in [0.3, 0.4) is 0 Å². The smallest absolute Gasteiger partial charge is 0.261 e. The van der Waals surface area contributed by atoms with Crippen LogP contribution in [0.2, 0.25) is 0 Å². The zero-order valence-electron chi connectivity index (χ0n) is 18.1. The van der Waals surface area contributed by atoms with Gasteiger partial charge in [-0.25, -0.2) is 0 Å². The summed E-state index contributed by atoms with van der Waals surface area (Å²) in [6.45, 7) is 0. The van der Waals surface area contributed by atoms with Crippen molar-refractivity contribution in [2.75, 3.05) is 19.5 Å². The van der Waals surface area contributed by atoms with Gasteiger partial charge in [-0.2, -0.15) is 0 Å². The van der Waals surface area contributed by atoms with Crippen LogP contribution in [0.15, 0.2) is 60.7 Å². The Labute approximate surface area is 191 Å². The molecule has 1 heterocycles. The van der Waals surface area contributed by atoms with Crippen molar-refractivity contribution in [3.8, 4) is 11.5 Å². The first-order valence-electron chi connectivity index (χ1n) is 10.5. The summed E-state index contributed by atoms with van der Waals surface area (Å²) in [5.74, 6) is 1.54. The number of nitrogens with one attached hydrogen (secondary N) is 2. The molecule has 0 aliphatic heterocycles. The molecule has 1 aliphatic carbocycles. The Morgan fingerprint density at radius 2 is 1.56 bits per heavy atom. The highest BCUT2D eigenvalue weighted by molar-refractivity contribution is 7.18. The summed E-state index contributed by atoms with van der Waals surface area (Å²) in [7, 11) is 3.26. The third-order valence-electron chi connectivity index (χ3n) is 5.45. The van der Waals surface area contributed by atoms with Gasteiger partial charge in [0.25, 0.3) is 5.91 Å². The molecule has 166 valence electrons. The standard InChI is InChI=1S/C25H26N2O4S/c1-30-19-9-3-16(4-10-19)15-21(17-7-11-20(31-2)12-8-17)26-25(29)22-13-14-23(32-22)27-24(28)18-5-6-18/h3-4,7-14,18,21H,5-6,15H2,1-2H3,(H,26,29)(H,27,28). The summed E-state index contributed by atoms with van der Waals surface area (Å²) in [6.07, 6.45) is 2.51. The molecule has 2 aromatic carbocycles. The second-order valence-corrected chi connectivity index (χ2v) is 8.86. The van der Waals surface area contributed by atoms with E-state index in [0.717, 1.165) is 35.5 Å². The quantitative estimate of drug-likeness (QED) is 0.490. The average molecular weight is 451 g/mol. The van der Waals surface area contributed by atoms with E-state index < -0.39 is 0 Å². The van der Waals surface area contributed by atoms with Gasteiger partial charge in [-0.05, 0) is 66.8 Å². The topological polar surface area (TPSA) is 76.7 Å². The minimum Gasteiger partial charge on any atom is -0.497 e. The summed E-state index contributed by atoms with van der Waals surface area (Å²) in [6, 6.07) is 18.8. The summed E-state index contributed by atoms with van der Waals surface area (Å²) in [5, 5.41) is 6.75. The molecule has 6 nitrogen and oxygen atoms in total. The van der Waals surface area contributed by atoms with Crippen LogP contribution < -0.4 is 20.1 Å². The molecule has 1 aromatic heterocycles. The van der Waals surface area contributed by atoms with Crippen molar-refractivity contribution in [3.63, 3.8) is 0 Å². The zero-order chi connectivity index (χ0) is 22.5. The normalized spacial score (nSPS) is 13.8. The van der Waals surface area contributed by atoms with Gasteiger partial charge >= 0.3 is 0 Å². The number of hydrogen-bond acceptors (Lipinski definition) is 5. The highest BCUT2D eigenvalue weighted by Gasteiger charge is 2.30. The van der Waals surface area contributed by atoms with Gasteiger partial charge in [0, 0.05) is 5.92 Å². The number of benzene rings is 2. The molecule has 2 amide bonds. The molecule has 1 saturated carbocycles. The average Bonchev–Trinajstić information content (AvgIpc) is 3.58. The fourth-order valence-electron chi connectivity index (χ4n) is 3.41. The number of thiophene rings is 1. The third-order valence-corrected chi connectivity index (χ3v) is 6.45. The highest BCUT2D eigenvalue weighted by Crippen LogP contribution is 2.32. The van der Waals surface area contributed by atoms with E-state index in [0.29, 0.717) is 16.3 Å². The number of anilines is 1. The summed E-state index contributed by atoms with van der Waals surface area (Å²) in [5.41, 5.74) is 2.06. The lowest BCUT2D eigenvalue weighted by atomic mass is 9.98. The Hall–Kier alpha value is -3.32. The van der Waals surface area contributed by atoms with Crippen LogP contribution in [0.25, 0.3) is 0 Å². The Balaban J connectivity index is 1.50. The van der Waals surface area contributed by atoms with Crippen molar-refractivity contribution in [1.29, 1.82) is 0 Å². The molecule has 32 heavy (non-hydrogen) atoms. The van der Waals surface area contributed by atoms with Crippen molar-refractivity contribution < 1.29 is 19.1 Å². The number of methoxy groups -OCH3 is 2. The van der Waals surface area contributed by atoms with E-state index in [1.54, 1.807) is 26.4 Å². The van der Waals surface area contributed by atoms with Crippen LogP contribution in [0.4, 0.5) is 5.00 Å². The highest BCUT2D eigenvalue weighted by atomic mass is 32.1. The van der Waals surface area contributed by atoms with Crippen LogP contribution in [-0.4, -0.2) is 26.0 Å². The summed E-state index contributed by atoms with van der Waals surface area (Å²) < 4.78 is 10.5. The van der Waals surface area contributed by atoms with Crippen molar-refractivity contribution in [1.82, 2.24) is 5.32 Å². The van der Waals surface area contributed by atoms with Crippen molar-refractivity contribution in [2.45, 2.75) is 25.3 Å². The molecule has 0 bridgehead atoms. The van der Waals surface area contributed by atoms with Gasteiger partial charge in [-0.1, -0.05) is 24.3 Å². The van der Waals surface area contributed by atoms with E-state index in [1.165, 1.54) is 11.3 Å². The van der Waals surface area contributed by atoms with Gasteiger partial charge < -0.3 is 20.1 Å². The molecule has 0 radical (unpaired) electrons. The molecule has 3 aromatic rings. The SMILES string of the molecule is COc1ccc(CC(NC(=O)c2ccc(NC(=O)C3CC3)s2)c2ccc(OC)cc2)cc1. The number of carbonyl (C=O) groups is 2. The second kappa shape index (κ2) is 9.87. The van der Waals surface area contributed by atoms with Crippen LogP contribution in [-0.2, 0) is 11.2 Å². The lowest BCUT2D eigenvalue weighted by Gasteiger charge is -2.20. The number of hydrogen-bond donors (Lipinski definition) is 2. The summed E-state index contributed by atoms with van der Waals surface area (Å²) in [4.78, 5) is 25.6. The first-order valence-corrected chi connectivity index (χ1v) is 11.4. The van der Waals surface area contributed by atoms with E-state index in [9.17, 15) is 9.59 Å². The van der Waals surface area contributed by atoms with Gasteiger partial charge in [0.05, 0.1) is 30.1 Å². The number of ether oxygens (including phenoxy) is 2. The minimum absolute atomic E-state index is 0.0365. The fourth-order valence-corrected chi connectivity index (χ4v) is 4.22. The van der Waals surface area contributed by atoms with E-state index in [4.69, 9.17) is 9.47 Å². The number of carbonyl (C=O) groups excluding carboxylic acids is 2. The second-order valence-electron chi connectivity index (χ2n) is 7.78. The Kier molecular flexibility index (Phi) is 6.75. The van der Waals surface area contributed by atoms with Crippen molar-refractivity contribution in [2.24, 2.45) is 5.92 Å². The van der Waals surface area contributed by atoms with Crippen molar-refractivity contribution >= 4 is 28.2 Å². The molecular weight excluding hydrogens is 424 g/mol.